The van der Waals surface area contributed by atoms with E-state index in [2.05, 4.69) is 20.9 Å². The predicted octanol–water partition coefficient (Wildman–Crippen LogP) is 5.33. The van der Waals surface area contributed by atoms with Crippen LogP contribution in [0, 0.1) is 0 Å². The van der Waals surface area contributed by atoms with Gasteiger partial charge < -0.3 is 0 Å². The number of thioether (sulfide) groups is 1. The van der Waals surface area contributed by atoms with Crippen LogP contribution >= 0.6 is 39.0 Å². The Labute approximate surface area is 137 Å². The highest BCUT2D eigenvalue weighted by Crippen LogP contribution is 2.34. The molecule has 0 N–H and O–H groups in total. The van der Waals surface area contributed by atoms with Gasteiger partial charge >= 0.3 is 0 Å². The minimum atomic E-state index is -1.64. The summed E-state index contributed by atoms with van der Waals surface area (Å²) in [5, 5.41) is 0. The molecule has 6 heteroatoms. The molecule has 2 aromatic carbocycles. The summed E-state index contributed by atoms with van der Waals surface area (Å²) in [7, 11) is 0. The third-order valence-electron chi connectivity index (χ3n) is 2.80. The van der Waals surface area contributed by atoms with Crippen molar-refractivity contribution >= 4 is 55.0 Å². The number of hydrogen-bond acceptors (Lipinski definition) is 4. The molecule has 0 saturated heterocycles. The van der Waals surface area contributed by atoms with Crippen LogP contribution in [0.2, 0.25) is 0 Å². The number of fused-ring (bicyclic) bond motifs is 1. The van der Waals surface area contributed by atoms with E-state index in [1.54, 1.807) is 30.3 Å². The van der Waals surface area contributed by atoms with Crippen LogP contribution < -0.4 is 0 Å². The highest BCUT2D eigenvalue weighted by atomic mass is 79.9. The Morgan fingerprint density at radius 2 is 2.00 bits per heavy atom. The first-order valence-corrected chi connectivity index (χ1v) is 8.58. The maximum atomic E-state index is 14.1. The number of aromatic nitrogens is 1. The van der Waals surface area contributed by atoms with Gasteiger partial charge in [0.1, 0.15) is 0 Å². The first-order valence-electron chi connectivity index (χ1n) is 6.09. The van der Waals surface area contributed by atoms with E-state index < -0.39 is 11.3 Å². The second kappa shape index (κ2) is 6.25. The van der Waals surface area contributed by atoms with Gasteiger partial charge in [0.25, 0.3) is 0 Å². The molecule has 3 aromatic rings. The lowest BCUT2D eigenvalue weighted by atomic mass is 10.1. The van der Waals surface area contributed by atoms with E-state index in [0.29, 0.717) is 9.90 Å². The standard InChI is InChI=1S/C15H9BrFNOS2/c16-10-6-7-11-12(8-10)20-15(18-11)21-14(17)13(19)9-4-2-1-3-5-9/h1-8,14H. The fourth-order valence-electron chi connectivity index (χ4n) is 1.80. The summed E-state index contributed by atoms with van der Waals surface area (Å²) >= 11 is 5.63. The van der Waals surface area contributed by atoms with Crippen molar-refractivity contribution in [3.8, 4) is 0 Å². The van der Waals surface area contributed by atoms with Gasteiger partial charge in [0.15, 0.2) is 4.34 Å². The minimum Gasteiger partial charge on any atom is -0.290 e. The van der Waals surface area contributed by atoms with Crippen LogP contribution in [-0.2, 0) is 0 Å². The molecule has 0 spiro atoms. The van der Waals surface area contributed by atoms with Crippen LogP contribution in [0.15, 0.2) is 57.3 Å². The van der Waals surface area contributed by atoms with Crippen LogP contribution in [0.4, 0.5) is 4.39 Å². The average molecular weight is 382 g/mol. The fourth-order valence-corrected chi connectivity index (χ4v) is 4.34. The average Bonchev–Trinajstić information content (AvgIpc) is 2.88. The summed E-state index contributed by atoms with van der Waals surface area (Å²) < 4.78 is 16.6. The molecule has 3 rings (SSSR count). The molecule has 0 bridgehead atoms. The van der Waals surface area contributed by atoms with E-state index in [-0.39, 0.29) is 0 Å². The summed E-state index contributed by atoms with van der Waals surface area (Å²) in [6.07, 6.45) is 0. The van der Waals surface area contributed by atoms with Crippen molar-refractivity contribution in [2.75, 3.05) is 0 Å². The number of rotatable bonds is 4. The van der Waals surface area contributed by atoms with Gasteiger partial charge in [-0.05, 0) is 30.0 Å². The van der Waals surface area contributed by atoms with Crippen molar-refractivity contribution in [2.45, 2.75) is 9.84 Å². The van der Waals surface area contributed by atoms with Crippen molar-refractivity contribution < 1.29 is 9.18 Å². The van der Waals surface area contributed by atoms with E-state index in [1.807, 2.05) is 18.2 Å². The zero-order valence-electron chi connectivity index (χ0n) is 10.6. The molecule has 0 aliphatic carbocycles. The quantitative estimate of drug-likeness (QED) is 0.451. The highest BCUT2D eigenvalue weighted by Gasteiger charge is 2.22. The number of benzene rings is 2. The Morgan fingerprint density at radius 1 is 1.24 bits per heavy atom. The molecule has 0 fully saturated rings. The molecule has 0 radical (unpaired) electrons. The molecule has 2 nitrogen and oxygen atoms in total. The molecule has 1 atom stereocenters. The molecule has 0 amide bonds. The zero-order chi connectivity index (χ0) is 14.8. The van der Waals surface area contributed by atoms with E-state index in [9.17, 15) is 9.18 Å². The van der Waals surface area contributed by atoms with E-state index in [0.717, 1.165) is 26.5 Å². The molecule has 0 aliphatic rings. The van der Waals surface area contributed by atoms with Crippen molar-refractivity contribution in [3.63, 3.8) is 0 Å². The molecule has 21 heavy (non-hydrogen) atoms. The zero-order valence-corrected chi connectivity index (χ0v) is 13.8. The van der Waals surface area contributed by atoms with Crippen LogP contribution in [0.25, 0.3) is 10.2 Å². The lowest BCUT2D eigenvalue weighted by Crippen LogP contribution is -2.11. The summed E-state index contributed by atoms with van der Waals surface area (Å²) in [4.78, 5) is 16.3. The Morgan fingerprint density at radius 3 is 2.76 bits per heavy atom. The molecule has 1 aromatic heterocycles. The SMILES string of the molecule is O=C(c1ccccc1)C(F)Sc1nc2ccc(Br)cc2s1. The Hall–Kier alpha value is -1.24. The fraction of sp³-hybridized carbons (Fsp3) is 0.0667. The largest absolute Gasteiger partial charge is 0.290 e. The van der Waals surface area contributed by atoms with E-state index in [1.165, 1.54) is 11.3 Å². The van der Waals surface area contributed by atoms with Gasteiger partial charge in [0, 0.05) is 10.0 Å². The van der Waals surface area contributed by atoms with Crippen molar-refractivity contribution in [1.82, 2.24) is 4.98 Å². The van der Waals surface area contributed by atoms with E-state index >= 15 is 0 Å². The highest BCUT2D eigenvalue weighted by molar-refractivity contribution is 9.10. The smallest absolute Gasteiger partial charge is 0.215 e. The first kappa shape index (κ1) is 14.7. The lowest BCUT2D eigenvalue weighted by Gasteiger charge is -2.04. The third kappa shape index (κ3) is 3.33. The maximum Gasteiger partial charge on any atom is 0.215 e. The van der Waals surface area contributed by atoms with Crippen molar-refractivity contribution in [2.24, 2.45) is 0 Å². The van der Waals surface area contributed by atoms with Crippen molar-refractivity contribution in [1.29, 1.82) is 0 Å². The van der Waals surface area contributed by atoms with Gasteiger partial charge in [0.05, 0.1) is 10.2 Å². The monoisotopic (exact) mass is 381 g/mol. The summed E-state index contributed by atoms with van der Waals surface area (Å²) in [6, 6.07) is 14.2. The number of halogens is 2. The number of carbonyl (C=O) groups is 1. The summed E-state index contributed by atoms with van der Waals surface area (Å²) in [5.41, 5.74) is -0.456. The molecule has 1 heterocycles. The maximum absolute atomic E-state index is 14.1. The van der Waals surface area contributed by atoms with Gasteiger partial charge in [-0.1, -0.05) is 46.3 Å². The first-order chi connectivity index (χ1) is 10.1. The molecular formula is C15H9BrFNOS2. The normalized spacial score (nSPS) is 12.5. The predicted molar refractivity (Wildman–Crippen MR) is 88.8 cm³/mol. The molecular weight excluding hydrogens is 373 g/mol. The Kier molecular flexibility index (Phi) is 4.37. The number of thiazole rings is 1. The number of alkyl halides is 1. The topological polar surface area (TPSA) is 30.0 Å². The molecule has 1 unspecified atom stereocenters. The number of Topliss-reactive ketones (excluding diaryl/α,β-unsaturated/α-hetero) is 1. The minimum absolute atomic E-state index is 0.376. The Bertz CT molecular complexity index is 791. The lowest BCUT2D eigenvalue weighted by molar-refractivity contribution is 0.0939. The second-order valence-corrected chi connectivity index (χ2v) is 7.50. The van der Waals surface area contributed by atoms with Crippen LogP contribution in [0.3, 0.4) is 0 Å². The summed E-state index contributed by atoms with van der Waals surface area (Å²) in [5.74, 6) is -0.527. The summed E-state index contributed by atoms with van der Waals surface area (Å²) in [6.45, 7) is 0. The van der Waals surface area contributed by atoms with Gasteiger partial charge in [-0.2, -0.15) is 0 Å². The number of hydrogen-bond donors (Lipinski definition) is 0. The molecule has 0 saturated carbocycles. The van der Waals surface area contributed by atoms with Crippen LogP contribution in [0.1, 0.15) is 10.4 Å². The molecule has 0 aliphatic heterocycles. The molecule has 106 valence electrons. The Balaban J connectivity index is 1.80. The van der Waals surface area contributed by atoms with Gasteiger partial charge in [0.2, 0.25) is 11.3 Å². The van der Waals surface area contributed by atoms with Gasteiger partial charge in [-0.15, -0.1) is 11.3 Å². The van der Waals surface area contributed by atoms with E-state index in [4.69, 9.17) is 0 Å². The van der Waals surface area contributed by atoms with Crippen LogP contribution in [0.5, 0.6) is 0 Å². The van der Waals surface area contributed by atoms with Gasteiger partial charge in [-0.25, -0.2) is 9.37 Å². The number of ketones is 1. The van der Waals surface area contributed by atoms with Crippen LogP contribution in [-0.4, -0.2) is 16.3 Å². The number of nitrogens with zero attached hydrogens (tertiary/aromatic N) is 1. The third-order valence-corrected chi connectivity index (χ3v) is 5.36. The number of carbonyl (C=O) groups excluding carboxylic acids is 1. The van der Waals surface area contributed by atoms with Gasteiger partial charge in [-0.3, -0.25) is 4.79 Å². The second-order valence-electron chi connectivity index (χ2n) is 4.26. The van der Waals surface area contributed by atoms with Crippen molar-refractivity contribution in [3.05, 3.63) is 58.6 Å².